The zero-order chi connectivity index (χ0) is 10.4. The molecule has 0 unspecified atom stereocenters. The van der Waals surface area contributed by atoms with Crippen LogP contribution in [0.2, 0.25) is 5.02 Å². The van der Waals surface area contributed by atoms with Crippen LogP contribution in [0.4, 0.5) is 0 Å². The van der Waals surface area contributed by atoms with Crippen molar-refractivity contribution in [3.05, 3.63) is 47.0 Å². The van der Waals surface area contributed by atoms with Gasteiger partial charge in [0.05, 0.1) is 5.02 Å². The van der Waals surface area contributed by atoms with Crippen molar-refractivity contribution in [2.75, 3.05) is 0 Å². The van der Waals surface area contributed by atoms with E-state index in [1.54, 1.807) is 0 Å². The van der Waals surface area contributed by atoms with E-state index >= 15 is 0 Å². The molecule has 0 saturated heterocycles. The van der Waals surface area contributed by atoms with Gasteiger partial charge in [-0.3, -0.25) is 0 Å². The van der Waals surface area contributed by atoms with Gasteiger partial charge >= 0.3 is 0 Å². The molecule has 1 heterocycles. The summed E-state index contributed by atoms with van der Waals surface area (Å²) in [7, 11) is 0. The molecule has 0 fully saturated rings. The quantitative estimate of drug-likeness (QED) is 0.576. The minimum Gasteiger partial charge on any atom is -0.354 e. The van der Waals surface area contributed by atoms with Gasteiger partial charge in [-0.1, -0.05) is 29.8 Å². The molecule has 2 aromatic carbocycles. The van der Waals surface area contributed by atoms with E-state index in [9.17, 15) is 0 Å². The van der Waals surface area contributed by atoms with Gasteiger partial charge in [-0.2, -0.15) is 0 Å². The van der Waals surface area contributed by atoms with E-state index in [4.69, 9.17) is 11.6 Å². The molecule has 2 heteroatoms. The fourth-order valence-electron chi connectivity index (χ4n) is 2.13. The number of nitrogens with one attached hydrogen (secondary N) is 1. The molecule has 0 spiro atoms. The molecule has 0 aliphatic heterocycles. The molecular weight excluding hydrogens is 206 g/mol. The van der Waals surface area contributed by atoms with Gasteiger partial charge in [0.2, 0.25) is 0 Å². The lowest BCUT2D eigenvalue weighted by Crippen LogP contribution is -1.74. The van der Waals surface area contributed by atoms with E-state index in [0.717, 1.165) is 21.4 Å². The third-order valence-corrected chi connectivity index (χ3v) is 3.12. The van der Waals surface area contributed by atoms with Gasteiger partial charge in [-0.25, -0.2) is 0 Å². The van der Waals surface area contributed by atoms with Crippen molar-refractivity contribution < 1.29 is 0 Å². The lowest BCUT2D eigenvalue weighted by molar-refractivity contribution is 1.51. The van der Waals surface area contributed by atoms with Crippen LogP contribution in [0, 0.1) is 6.92 Å². The summed E-state index contributed by atoms with van der Waals surface area (Å²) in [6, 6.07) is 12.2. The average Bonchev–Trinajstić information content (AvgIpc) is 2.58. The number of fused-ring (bicyclic) bond motifs is 3. The Balaban J connectivity index is 2.67. The molecule has 0 saturated carbocycles. The maximum Gasteiger partial charge on any atom is 0.0506 e. The fourth-order valence-corrected chi connectivity index (χ4v) is 2.40. The van der Waals surface area contributed by atoms with E-state index in [1.165, 1.54) is 10.9 Å². The number of H-pyrrole nitrogens is 1. The highest BCUT2D eigenvalue weighted by Gasteiger charge is 2.08. The van der Waals surface area contributed by atoms with Crippen LogP contribution in [0.25, 0.3) is 21.8 Å². The van der Waals surface area contributed by atoms with Crippen molar-refractivity contribution in [3.8, 4) is 0 Å². The second-order valence-corrected chi connectivity index (χ2v) is 4.19. The molecule has 1 aromatic heterocycles. The smallest absolute Gasteiger partial charge is 0.0506 e. The normalized spacial score (nSPS) is 11.3. The second-order valence-electron chi connectivity index (χ2n) is 3.78. The summed E-state index contributed by atoms with van der Waals surface area (Å²) in [6.45, 7) is 2.11. The third kappa shape index (κ3) is 1.17. The van der Waals surface area contributed by atoms with Crippen molar-refractivity contribution in [2.24, 2.45) is 0 Å². The van der Waals surface area contributed by atoms with Crippen LogP contribution in [0.3, 0.4) is 0 Å². The number of aromatic amines is 1. The summed E-state index contributed by atoms with van der Waals surface area (Å²) in [4.78, 5) is 3.38. The molecular formula is C13H10ClN. The van der Waals surface area contributed by atoms with Gasteiger partial charge in [-0.15, -0.1) is 0 Å². The highest BCUT2D eigenvalue weighted by Crippen LogP contribution is 2.32. The lowest BCUT2D eigenvalue weighted by Gasteiger charge is -1.97. The predicted octanol–water partition coefficient (Wildman–Crippen LogP) is 4.28. The molecule has 0 bridgehead atoms. The highest BCUT2D eigenvalue weighted by molar-refractivity contribution is 6.38. The van der Waals surface area contributed by atoms with Crippen molar-refractivity contribution in [1.29, 1.82) is 0 Å². The number of aromatic nitrogens is 1. The molecule has 3 aromatic rings. The van der Waals surface area contributed by atoms with E-state index < -0.39 is 0 Å². The monoisotopic (exact) mass is 215 g/mol. The summed E-state index contributed by atoms with van der Waals surface area (Å²) in [5.41, 5.74) is 3.51. The van der Waals surface area contributed by atoms with Gasteiger partial charge in [0, 0.05) is 21.8 Å². The standard InChI is InChI=1S/C13H10ClN/c1-8-4-2-6-10-12(8)13-9(14)5-3-7-11(13)15-10/h2-7,15H,1H3. The minimum atomic E-state index is 0.813. The SMILES string of the molecule is Cc1cccc2[nH]c3cccc(Cl)c3c12. The third-order valence-electron chi connectivity index (χ3n) is 2.81. The molecule has 0 aliphatic carbocycles. The fraction of sp³-hybridized carbons (Fsp3) is 0.0769. The minimum absolute atomic E-state index is 0.813. The molecule has 0 atom stereocenters. The van der Waals surface area contributed by atoms with E-state index in [2.05, 4.69) is 36.2 Å². The Bertz CT molecular complexity index is 596. The van der Waals surface area contributed by atoms with Crippen molar-refractivity contribution in [1.82, 2.24) is 4.98 Å². The number of hydrogen-bond donors (Lipinski definition) is 1. The summed E-state index contributed by atoms with van der Waals surface area (Å²) >= 11 is 6.23. The number of benzene rings is 2. The van der Waals surface area contributed by atoms with E-state index in [-0.39, 0.29) is 0 Å². The topological polar surface area (TPSA) is 15.8 Å². The number of halogens is 1. The predicted molar refractivity (Wildman–Crippen MR) is 65.6 cm³/mol. The number of aryl methyl sites for hydroxylation is 1. The first-order valence-electron chi connectivity index (χ1n) is 4.93. The van der Waals surface area contributed by atoms with Crippen molar-refractivity contribution >= 4 is 33.4 Å². The second kappa shape index (κ2) is 3.01. The molecule has 0 amide bonds. The molecule has 0 radical (unpaired) electrons. The Morgan fingerprint density at radius 2 is 1.60 bits per heavy atom. The Labute approximate surface area is 92.7 Å². The Kier molecular flexibility index (Phi) is 1.77. The first-order chi connectivity index (χ1) is 7.27. The zero-order valence-electron chi connectivity index (χ0n) is 8.34. The van der Waals surface area contributed by atoms with E-state index in [0.29, 0.717) is 0 Å². The van der Waals surface area contributed by atoms with Crippen LogP contribution in [-0.4, -0.2) is 4.98 Å². The first-order valence-corrected chi connectivity index (χ1v) is 5.30. The largest absolute Gasteiger partial charge is 0.354 e. The van der Waals surface area contributed by atoms with Gasteiger partial charge in [0.15, 0.2) is 0 Å². The van der Waals surface area contributed by atoms with Crippen molar-refractivity contribution in [3.63, 3.8) is 0 Å². The Morgan fingerprint density at radius 1 is 0.933 bits per heavy atom. The summed E-state index contributed by atoms with van der Waals surface area (Å²) in [5.74, 6) is 0. The van der Waals surface area contributed by atoms with E-state index in [1.807, 2.05) is 12.1 Å². The molecule has 0 aliphatic rings. The van der Waals surface area contributed by atoms with Crippen LogP contribution in [0.1, 0.15) is 5.56 Å². The van der Waals surface area contributed by atoms with Crippen molar-refractivity contribution in [2.45, 2.75) is 6.92 Å². The van der Waals surface area contributed by atoms with Crippen LogP contribution in [-0.2, 0) is 0 Å². The molecule has 15 heavy (non-hydrogen) atoms. The molecule has 3 rings (SSSR count). The maximum absolute atomic E-state index is 6.23. The van der Waals surface area contributed by atoms with Crippen LogP contribution < -0.4 is 0 Å². The highest BCUT2D eigenvalue weighted by atomic mass is 35.5. The van der Waals surface area contributed by atoms with Crippen LogP contribution in [0.5, 0.6) is 0 Å². The lowest BCUT2D eigenvalue weighted by atomic mass is 10.1. The Hall–Kier alpha value is -1.47. The molecule has 1 N–H and O–H groups in total. The summed E-state index contributed by atoms with van der Waals surface area (Å²) in [6.07, 6.45) is 0. The van der Waals surface area contributed by atoms with Crippen LogP contribution >= 0.6 is 11.6 Å². The van der Waals surface area contributed by atoms with Gasteiger partial charge in [-0.05, 0) is 30.7 Å². The first kappa shape index (κ1) is 8.81. The van der Waals surface area contributed by atoms with Gasteiger partial charge in [0.25, 0.3) is 0 Å². The molecule has 74 valence electrons. The average molecular weight is 216 g/mol. The zero-order valence-corrected chi connectivity index (χ0v) is 9.10. The van der Waals surface area contributed by atoms with Crippen LogP contribution in [0.15, 0.2) is 36.4 Å². The maximum atomic E-state index is 6.23. The number of hydrogen-bond acceptors (Lipinski definition) is 0. The summed E-state index contributed by atoms with van der Waals surface area (Å²) < 4.78 is 0. The Morgan fingerprint density at radius 3 is 2.40 bits per heavy atom. The molecule has 1 nitrogen and oxygen atoms in total. The van der Waals surface area contributed by atoms with Gasteiger partial charge < -0.3 is 4.98 Å². The summed E-state index contributed by atoms with van der Waals surface area (Å²) in [5, 5.41) is 3.18. The van der Waals surface area contributed by atoms with Gasteiger partial charge in [0.1, 0.15) is 0 Å². The number of rotatable bonds is 0.